The molecule has 0 aliphatic rings. The second-order valence-corrected chi connectivity index (χ2v) is 7.48. The van der Waals surface area contributed by atoms with Gasteiger partial charge in [-0.3, -0.25) is 25.2 Å². The van der Waals surface area contributed by atoms with E-state index in [0.717, 1.165) is 18.2 Å². The zero-order valence-electron chi connectivity index (χ0n) is 16.5. The van der Waals surface area contributed by atoms with Crippen LogP contribution in [0.1, 0.15) is 25.2 Å². The summed E-state index contributed by atoms with van der Waals surface area (Å²) in [5.41, 5.74) is 5.73. The number of benzene rings is 1. The molecule has 0 spiro atoms. The lowest BCUT2D eigenvalue weighted by Gasteiger charge is -2.11. The van der Waals surface area contributed by atoms with Gasteiger partial charge >= 0.3 is 0 Å². The molecule has 0 radical (unpaired) electrons. The number of aromatic nitrogens is 1. The van der Waals surface area contributed by atoms with Gasteiger partial charge in [0.2, 0.25) is 11.8 Å². The van der Waals surface area contributed by atoms with Gasteiger partial charge in [0.25, 0.3) is 5.91 Å². The van der Waals surface area contributed by atoms with E-state index in [0.29, 0.717) is 17.3 Å². The van der Waals surface area contributed by atoms with Gasteiger partial charge in [0.1, 0.15) is 11.5 Å². The van der Waals surface area contributed by atoms with Crippen molar-refractivity contribution < 1.29 is 23.6 Å². The van der Waals surface area contributed by atoms with Crippen LogP contribution in [0.25, 0.3) is 0 Å². The lowest BCUT2D eigenvalue weighted by molar-refractivity contribution is -0.128. The van der Waals surface area contributed by atoms with Crippen LogP contribution in [0, 0.1) is 6.92 Å². The Morgan fingerprint density at radius 1 is 1.17 bits per heavy atom. The number of thioether (sulfide) groups is 1. The number of hydrogen-bond donors (Lipinski definition) is 3. The quantitative estimate of drug-likeness (QED) is 0.529. The standard InChI is InChI=1S/C19H24N4O5S/c1-4-14-5-7-15(8-6-14)27-10-17(24)21-22-18(25)11-29-13(3)19(26)20-16-9-12(2)28-23-16/h5-9,13H,4,10-11H2,1-3H3,(H,21,24)(H,22,25)(H,20,23,26)/t13-/m0/s1. The zero-order chi connectivity index (χ0) is 21.2. The molecule has 1 heterocycles. The number of nitrogens with one attached hydrogen (secondary N) is 3. The van der Waals surface area contributed by atoms with E-state index in [-0.39, 0.29) is 18.3 Å². The Labute approximate surface area is 172 Å². The minimum Gasteiger partial charge on any atom is -0.484 e. The van der Waals surface area contributed by atoms with Gasteiger partial charge in [-0.1, -0.05) is 24.2 Å². The Hall–Kier alpha value is -3.01. The van der Waals surface area contributed by atoms with Crippen LogP contribution in [0.4, 0.5) is 5.82 Å². The van der Waals surface area contributed by atoms with E-state index >= 15 is 0 Å². The summed E-state index contributed by atoms with van der Waals surface area (Å²) in [5, 5.41) is 5.77. The van der Waals surface area contributed by atoms with E-state index in [1.54, 1.807) is 32.0 Å². The summed E-state index contributed by atoms with van der Waals surface area (Å²) in [6.07, 6.45) is 0.922. The summed E-state index contributed by atoms with van der Waals surface area (Å²) in [6, 6.07) is 9.01. The molecule has 9 nitrogen and oxygen atoms in total. The maximum absolute atomic E-state index is 12.0. The minimum absolute atomic E-state index is 0.00789. The predicted octanol–water partition coefficient (Wildman–Crippen LogP) is 1.83. The molecule has 3 N–H and O–H groups in total. The summed E-state index contributed by atoms with van der Waals surface area (Å²) < 4.78 is 10.2. The molecule has 3 amide bonds. The number of ether oxygens (including phenoxy) is 1. The van der Waals surface area contributed by atoms with Crippen molar-refractivity contribution in [1.29, 1.82) is 0 Å². The molecule has 0 bridgehead atoms. The average Bonchev–Trinajstić information content (AvgIpc) is 3.13. The largest absolute Gasteiger partial charge is 0.484 e. The van der Waals surface area contributed by atoms with Crippen molar-refractivity contribution in [3.63, 3.8) is 0 Å². The van der Waals surface area contributed by atoms with Crippen LogP contribution in [0.2, 0.25) is 0 Å². The van der Waals surface area contributed by atoms with Crippen LogP contribution in [-0.2, 0) is 20.8 Å². The summed E-state index contributed by atoms with van der Waals surface area (Å²) in [5.74, 6) is 0.233. The summed E-state index contributed by atoms with van der Waals surface area (Å²) >= 11 is 1.12. The fourth-order valence-corrected chi connectivity index (χ4v) is 2.80. The van der Waals surface area contributed by atoms with Gasteiger partial charge in [-0.15, -0.1) is 11.8 Å². The first-order valence-electron chi connectivity index (χ1n) is 9.02. The molecule has 0 aliphatic heterocycles. The molecule has 10 heteroatoms. The van der Waals surface area contributed by atoms with Crippen LogP contribution in [0.15, 0.2) is 34.9 Å². The van der Waals surface area contributed by atoms with Gasteiger partial charge < -0.3 is 14.6 Å². The van der Waals surface area contributed by atoms with Crippen molar-refractivity contribution in [3.05, 3.63) is 41.7 Å². The normalized spacial score (nSPS) is 11.4. The lowest BCUT2D eigenvalue weighted by Crippen LogP contribution is -2.44. The summed E-state index contributed by atoms with van der Waals surface area (Å²) in [7, 11) is 0. The Bertz CT molecular complexity index is 837. The van der Waals surface area contributed by atoms with Crippen molar-refractivity contribution >= 4 is 35.3 Å². The highest BCUT2D eigenvalue weighted by Crippen LogP contribution is 2.14. The average molecular weight is 420 g/mol. The first kappa shape index (κ1) is 22.3. The Morgan fingerprint density at radius 3 is 2.48 bits per heavy atom. The Balaban J connectivity index is 1.62. The number of amides is 3. The monoisotopic (exact) mass is 420 g/mol. The van der Waals surface area contributed by atoms with Crippen molar-refractivity contribution in [3.8, 4) is 5.75 Å². The third-order valence-electron chi connectivity index (χ3n) is 3.76. The van der Waals surface area contributed by atoms with Gasteiger partial charge in [-0.2, -0.15) is 0 Å². The highest BCUT2D eigenvalue weighted by molar-refractivity contribution is 8.01. The van der Waals surface area contributed by atoms with Gasteiger partial charge in [0.05, 0.1) is 11.0 Å². The third kappa shape index (κ3) is 7.86. The van der Waals surface area contributed by atoms with Gasteiger partial charge in [0, 0.05) is 6.07 Å². The molecular weight excluding hydrogens is 396 g/mol. The molecule has 0 saturated heterocycles. The third-order valence-corrected chi connectivity index (χ3v) is 4.90. The molecule has 0 unspecified atom stereocenters. The number of hydrogen-bond acceptors (Lipinski definition) is 7. The van der Waals surface area contributed by atoms with Crippen molar-refractivity contribution in [1.82, 2.24) is 16.0 Å². The van der Waals surface area contributed by atoms with E-state index < -0.39 is 17.1 Å². The Kier molecular flexibility index (Phi) is 8.53. The van der Waals surface area contributed by atoms with Crippen LogP contribution in [0.5, 0.6) is 5.75 Å². The molecule has 0 saturated carbocycles. The van der Waals surface area contributed by atoms with Crippen molar-refractivity contribution in [2.75, 3.05) is 17.7 Å². The second-order valence-electron chi connectivity index (χ2n) is 6.15. The number of carbonyl (C=O) groups excluding carboxylic acids is 3. The second kappa shape index (κ2) is 11.1. The fourth-order valence-electron chi connectivity index (χ4n) is 2.11. The number of rotatable bonds is 9. The number of hydrazine groups is 1. The molecule has 1 aromatic heterocycles. The topological polar surface area (TPSA) is 123 Å². The molecule has 2 rings (SSSR count). The van der Waals surface area contributed by atoms with Crippen molar-refractivity contribution in [2.24, 2.45) is 0 Å². The molecule has 0 fully saturated rings. The number of aryl methyl sites for hydroxylation is 2. The number of anilines is 1. The molecular formula is C19H24N4O5S. The first-order chi connectivity index (χ1) is 13.9. The van der Waals surface area contributed by atoms with Crippen LogP contribution < -0.4 is 20.9 Å². The van der Waals surface area contributed by atoms with Crippen LogP contribution in [0.3, 0.4) is 0 Å². The molecule has 29 heavy (non-hydrogen) atoms. The molecule has 0 aliphatic carbocycles. The highest BCUT2D eigenvalue weighted by Gasteiger charge is 2.17. The molecule has 156 valence electrons. The minimum atomic E-state index is -0.497. The SMILES string of the molecule is CCc1ccc(OCC(=O)NNC(=O)CS[C@@H](C)C(=O)Nc2cc(C)on2)cc1. The summed E-state index contributed by atoms with van der Waals surface area (Å²) in [4.78, 5) is 35.6. The smallest absolute Gasteiger partial charge is 0.276 e. The van der Waals surface area contributed by atoms with Crippen molar-refractivity contribution in [2.45, 2.75) is 32.4 Å². The molecule has 2 aromatic rings. The number of carbonyl (C=O) groups is 3. The van der Waals surface area contributed by atoms with Crippen LogP contribution in [-0.4, -0.2) is 40.5 Å². The maximum Gasteiger partial charge on any atom is 0.276 e. The van der Waals surface area contributed by atoms with Gasteiger partial charge in [-0.25, -0.2) is 0 Å². The first-order valence-corrected chi connectivity index (χ1v) is 10.1. The van der Waals surface area contributed by atoms with E-state index in [1.165, 1.54) is 5.56 Å². The van der Waals surface area contributed by atoms with E-state index in [4.69, 9.17) is 9.26 Å². The molecule has 1 aromatic carbocycles. The Morgan fingerprint density at radius 2 is 1.86 bits per heavy atom. The fraction of sp³-hybridized carbons (Fsp3) is 0.368. The maximum atomic E-state index is 12.0. The zero-order valence-corrected chi connectivity index (χ0v) is 17.3. The van der Waals surface area contributed by atoms with E-state index in [1.807, 2.05) is 12.1 Å². The predicted molar refractivity (Wildman–Crippen MR) is 109 cm³/mol. The number of nitrogens with zero attached hydrogens (tertiary/aromatic N) is 1. The van der Waals surface area contributed by atoms with Gasteiger partial charge in [0.15, 0.2) is 12.4 Å². The van der Waals surface area contributed by atoms with E-state index in [9.17, 15) is 14.4 Å². The lowest BCUT2D eigenvalue weighted by atomic mass is 10.2. The van der Waals surface area contributed by atoms with Gasteiger partial charge in [-0.05, 0) is 38.0 Å². The van der Waals surface area contributed by atoms with Crippen LogP contribution >= 0.6 is 11.8 Å². The summed E-state index contributed by atoms with van der Waals surface area (Å²) in [6.45, 7) is 5.20. The van der Waals surface area contributed by atoms with E-state index in [2.05, 4.69) is 28.2 Å². The highest BCUT2D eigenvalue weighted by atomic mass is 32.2. The molecule has 1 atom stereocenters.